The van der Waals surface area contributed by atoms with Gasteiger partial charge in [-0.25, -0.2) is 8.78 Å². The molecule has 0 amide bonds. The molecular weight excluding hydrogens is 506 g/mol. The molecule has 0 aliphatic carbocycles. The molecule has 0 saturated heterocycles. The summed E-state index contributed by atoms with van der Waals surface area (Å²) in [4.78, 5) is 0. The number of fused-ring (bicyclic) bond motifs is 2. The quantitative estimate of drug-likeness (QED) is 0.191. The summed E-state index contributed by atoms with van der Waals surface area (Å²) in [6.45, 7) is 4.25. The Morgan fingerprint density at radius 3 is 1.14 bits per heavy atom. The van der Waals surface area contributed by atoms with E-state index in [1.165, 1.54) is 81.2 Å². The maximum atomic E-state index is 12.0. The number of benzene rings is 4. The Morgan fingerprint density at radius 1 is 0.514 bits per heavy atom. The van der Waals surface area contributed by atoms with Crippen LogP contribution in [0.3, 0.4) is 0 Å². The molecule has 37 heavy (non-hydrogen) atoms. The second kappa shape index (κ2) is 14.6. The number of hydrogen-bond acceptors (Lipinski definition) is 2. The van der Waals surface area contributed by atoms with Crippen molar-refractivity contribution < 1.29 is 36.4 Å². The van der Waals surface area contributed by atoms with Gasteiger partial charge < -0.3 is 10.2 Å². The van der Waals surface area contributed by atoms with Gasteiger partial charge in [0, 0.05) is 0 Å². The predicted octanol–water partition coefficient (Wildman–Crippen LogP) is 8.79. The summed E-state index contributed by atoms with van der Waals surface area (Å²) in [5.41, 5.74) is 2.70. The molecule has 188 valence electrons. The van der Waals surface area contributed by atoms with Crippen LogP contribution in [0.4, 0.5) is 8.78 Å². The molecule has 6 aromatic rings. The van der Waals surface area contributed by atoms with Gasteiger partial charge >= 0.3 is 17.4 Å². The number of hydrogen-bond donors (Lipinski definition) is 2. The zero-order valence-electron chi connectivity index (χ0n) is 20.6. The maximum absolute atomic E-state index is 12.0. The van der Waals surface area contributed by atoms with Crippen molar-refractivity contribution in [1.82, 2.24) is 0 Å². The van der Waals surface area contributed by atoms with E-state index in [0.29, 0.717) is 0 Å². The Labute approximate surface area is 226 Å². The first-order valence-electron chi connectivity index (χ1n) is 11.4. The fourth-order valence-corrected chi connectivity index (χ4v) is 3.49. The average Bonchev–Trinajstić information content (AvgIpc) is 3.44. The molecule has 0 aliphatic rings. The molecule has 2 nitrogen and oxygen atoms in total. The van der Waals surface area contributed by atoms with E-state index in [2.05, 4.69) is 86.6 Å². The van der Waals surface area contributed by atoms with Crippen molar-refractivity contribution in [3.63, 3.8) is 0 Å². The van der Waals surface area contributed by atoms with Crippen LogP contribution in [0.2, 0.25) is 0 Å². The Bertz CT molecular complexity index is 1260. The summed E-state index contributed by atoms with van der Waals surface area (Å²) < 4.78 is 24.0. The van der Waals surface area contributed by atoms with Crippen molar-refractivity contribution in [3.8, 4) is 11.5 Å². The zero-order valence-corrected chi connectivity index (χ0v) is 21.9. The minimum absolute atomic E-state index is 0. The van der Waals surface area contributed by atoms with Gasteiger partial charge in [0.2, 0.25) is 0 Å². The molecule has 0 unspecified atom stereocenters. The fraction of sp³-hybridized carbons (Fsp3) is 0.0625. The maximum Gasteiger partial charge on any atom is 2.00 e. The van der Waals surface area contributed by atoms with Crippen molar-refractivity contribution >= 4 is 21.5 Å². The average molecular weight is 535 g/mol. The molecule has 6 aromatic carbocycles. The third-order valence-corrected chi connectivity index (χ3v) is 5.18. The minimum Gasteiger partial charge on any atom is -0.508 e. The first-order valence-corrected chi connectivity index (χ1v) is 11.4. The first-order chi connectivity index (χ1) is 17.3. The molecule has 0 aromatic heterocycles. The number of phenols is 2. The predicted molar refractivity (Wildman–Crippen MR) is 145 cm³/mol. The normalized spacial score (nSPS) is 9.62. The number of halogens is 2. The van der Waals surface area contributed by atoms with Crippen LogP contribution in [0.15, 0.2) is 121 Å². The van der Waals surface area contributed by atoms with Crippen LogP contribution in [0.5, 0.6) is 11.5 Å². The molecule has 2 N–H and O–H groups in total. The second-order valence-corrected chi connectivity index (χ2v) is 8.28. The van der Waals surface area contributed by atoms with Crippen molar-refractivity contribution in [1.29, 1.82) is 0 Å². The zero-order chi connectivity index (χ0) is 25.9. The fourth-order valence-electron chi connectivity index (χ4n) is 3.49. The van der Waals surface area contributed by atoms with Gasteiger partial charge in [-0.05, 0) is 48.5 Å². The largest absolute Gasteiger partial charge is 2.00 e. The van der Waals surface area contributed by atoms with E-state index in [-0.39, 0.29) is 40.5 Å². The summed E-state index contributed by atoms with van der Waals surface area (Å²) in [6, 6.07) is 35.7. The number of phenolic OH excluding ortho intramolecular Hbond substituents is 2. The van der Waals surface area contributed by atoms with Crippen molar-refractivity contribution in [2.45, 2.75) is 13.8 Å². The Balaban J connectivity index is 0.000000173. The van der Waals surface area contributed by atoms with Gasteiger partial charge in [0.1, 0.15) is 23.1 Å². The third-order valence-electron chi connectivity index (χ3n) is 5.18. The van der Waals surface area contributed by atoms with Crippen molar-refractivity contribution in [2.24, 2.45) is 0 Å². The second-order valence-electron chi connectivity index (χ2n) is 8.28. The van der Waals surface area contributed by atoms with Gasteiger partial charge in [-0.1, -0.05) is 26.0 Å². The Hall–Kier alpha value is -3.91. The molecule has 0 radical (unpaired) electrons. The van der Waals surface area contributed by atoms with Gasteiger partial charge in [-0.15, -0.1) is 81.2 Å². The molecule has 0 atom stereocenters. The number of rotatable bonds is 0. The summed E-state index contributed by atoms with van der Waals surface area (Å²) in [6.07, 6.45) is 0. The standard InChI is InChI=1S/2C10H9.2C6H5FO.Cr/c2*1-8-6-9-4-2-3-5-10(9)7-8;2*7-5-1-3-6(8)4-2-5;/h2*2-7H,1H3;2*1-4,8H;/q2*-1;;;+2. The Kier molecular flexibility index (Phi) is 11.6. The van der Waals surface area contributed by atoms with Crippen LogP contribution in [0.1, 0.15) is 11.1 Å². The van der Waals surface area contributed by atoms with Crippen molar-refractivity contribution in [2.75, 3.05) is 0 Å². The number of aryl methyl sites for hydroxylation is 2. The van der Waals surface area contributed by atoms with Gasteiger partial charge in [-0.3, -0.25) is 0 Å². The molecule has 0 saturated carbocycles. The first kappa shape index (κ1) is 29.3. The smallest absolute Gasteiger partial charge is 0.508 e. The van der Waals surface area contributed by atoms with Crippen LogP contribution in [0, 0.1) is 25.5 Å². The molecule has 6 rings (SSSR count). The van der Waals surface area contributed by atoms with Crippen LogP contribution < -0.4 is 0 Å². The van der Waals surface area contributed by atoms with Crippen LogP contribution in [-0.4, -0.2) is 10.2 Å². The summed E-state index contributed by atoms with van der Waals surface area (Å²) in [5, 5.41) is 22.6. The SMILES string of the molecule is Cc1cc2ccccc2[cH-]1.Cc1cc2ccccc2[cH-]1.Oc1ccc(F)cc1.Oc1ccc(F)cc1.[Cr+2]. The topological polar surface area (TPSA) is 40.5 Å². The van der Waals surface area contributed by atoms with Crippen LogP contribution in [-0.2, 0) is 17.4 Å². The molecule has 0 spiro atoms. The molecule has 0 heterocycles. The van der Waals surface area contributed by atoms with Crippen LogP contribution in [0.25, 0.3) is 21.5 Å². The monoisotopic (exact) mass is 534 g/mol. The number of aromatic hydroxyl groups is 2. The van der Waals surface area contributed by atoms with E-state index >= 15 is 0 Å². The molecular formula is C32H28CrF2O2. The van der Waals surface area contributed by atoms with Crippen LogP contribution >= 0.6 is 0 Å². The van der Waals surface area contributed by atoms with E-state index in [9.17, 15) is 8.78 Å². The molecule has 0 bridgehead atoms. The Morgan fingerprint density at radius 2 is 0.838 bits per heavy atom. The van der Waals surface area contributed by atoms with E-state index in [1.54, 1.807) is 0 Å². The minimum atomic E-state index is -0.331. The summed E-state index contributed by atoms with van der Waals surface area (Å²) in [7, 11) is 0. The van der Waals surface area contributed by atoms with Gasteiger partial charge in [0.25, 0.3) is 0 Å². The van der Waals surface area contributed by atoms with Crippen molar-refractivity contribution in [3.05, 3.63) is 144 Å². The molecule has 5 heteroatoms. The summed E-state index contributed by atoms with van der Waals surface area (Å²) in [5.74, 6) is -0.483. The van der Waals surface area contributed by atoms with E-state index in [1.807, 2.05) is 0 Å². The van der Waals surface area contributed by atoms with Gasteiger partial charge in [0.05, 0.1) is 0 Å². The molecule has 0 aliphatic heterocycles. The van der Waals surface area contributed by atoms with E-state index in [4.69, 9.17) is 10.2 Å². The van der Waals surface area contributed by atoms with Gasteiger partial charge in [-0.2, -0.15) is 12.1 Å². The summed E-state index contributed by atoms with van der Waals surface area (Å²) >= 11 is 0. The van der Waals surface area contributed by atoms with E-state index in [0.717, 1.165) is 0 Å². The third kappa shape index (κ3) is 9.93. The molecule has 0 fully saturated rings. The van der Waals surface area contributed by atoms with E-state index < -0.39 is 0 Å². The van der Waals surface area contributed by atoms with Gasteiger partial charge in [0.15, 0.2) is 0 Å².